The van der Waals surface area contributed by atoms with Gasteiger partial charge in [-0.05, 0) is 51.4 Å². The Balaban J connectivity index is 1.36. The van der Waals surface area contributed by atoms with E-state index in [0.717, 1.165) is 27.8 Å². The summed E-state index contributed by atoms with van der Waals surface area (Å²) in [4.78, 5) is 45.8. The van der Waals surface area contributed by atoms with E-state index in [1.807, 2.05) is 97.2 Å². The topological polar surface area (TPSA) is 95.8 Å². The van der Waals surface area contributed by atoms with Gasteiger partial charge in [0.1, 0.15) is 17.4 Å². The van der Waals surface area contributed by atoms with Crippen molar-refractivity contribution < 1.29 is 14.4 Å². The predicted octanol–water partition coefficient (Wildman–Crippen LogP) is 7.66. The lowest BCUT2D eigenvalue weighted by Gasteiger charge is -2.25. The number of benzene rings is 4. The van der Waals surface area contributed by atoms with Crippen LogP contribution in [0.1, 0.15) is 54.0 Å². The Kier molecular flexibility index (Phi) is 9.40. The maximum absolute atomic E-state index is 13.9. The van der Waals surface area contributed by atoms with Gasteiger partial charge in [0.2, 0.25) is 12.3 Å². The van der Waals surface area contributed by atoms with E-state index in [0.29, 0.717) is 29.9 Å². The summed E-state index contributed by atoms with van der Waals surface area (Å²) in [6, 6.07) is 36.0. The molecule has 2 N–H and O–H groups in total. The van der Waals surface area contributed by atoms with Crippen LogP contribution in [-0.4, -0.2) is 39.6 Å². The van der Waals surface area contributed by atoms with Crippen LogP contribution in [0.5, 0.6) is 0 Å². The lowest BCUT2D eigenvalue weighted by Crippen LogP contribution is -2.41. The van der Waals surface area contributed by atoms with Gasteiger partial charge in [-0.3, -0.25) is 14.4 Å². The molecular weight excluding hydrogens is 610 g/mol. The van der Waals surface area contributed by atoms with Crippen LogP contribution in [0.25, 0.3) is 27.9 Å². The van der Waals surface area contributed by atoms with Crippen molar-refractivity contribution in [1.29, 1.82) is 0 Å². The van der Waals surface area contributed by atoms with Crippen LogP contribution < -0.4 is 10.6 Å². The van der Waals surface area contributed by atoms with Gasteiger partial charge in [0.25, 0.3) is 5.91 Å². The molecule has 0 radical (unpaired) electrons. The molecule has 0 spiro atoms. The second kappa shape index (κ2) is 14.0. The molecule has 1 atom stereocenters. The molecule has 6 aromatic rings. The second-order valence-corrected chi connectivity index (χ2v) is 13.1. The number of anilines is 1. The summed E-state index contributed by atoms with van der Waals surface area (Å²) in [7, 11) is 1.73. The second-order valence-electron chi connectivity index (χ2n) is 13.1. The van der Waals surface area contributed by atoms with Crippen molar-refractivity contribution in [1.82, 2.24) is 19.6 Å². The number of pyridine rings is 1. The fraction of sp³-hybridized carbons (Fsp3) is 0.171. The summed E-state index contributed by atoms with van der Waals surface area (Å²) < 4.78 is 1.80. The number of carbonyl (C=O) groups is 3. The summed E-state index contributed by atoms with van der Waals surface area (Å²) in [5.41, 5.74) is 7.64. The Labute approximate surface area is 286 Å². The monoisotopic (exact) mass is 649 g/mol. The predicted molar refractivity (Wildman–Crippen MR) is 194 cm³/mol. The quantitative estimate of drug-likeness (QED) is 0.149. The van der Waals surface area contributed by atoms with Gasteiger partial charge in [0, 0.05) is 42.8 Å². The number of rotatable bonds is 10. The van der Waals surface area contributed by atoms with Crippen molar-refractivity contribution in [2.24, 2.45) is 0 Å². The molecule has 8 nitrogen and oxygen atoms in total. The summed E-state index contributed by atoms with van der Waals surface area (Å²) in [5, 5.41) is 5.83. The summed E-state index contributed by atoms with van der Waals surface area (Å²) in [6.45, 7) is 6.91. The maximum Gasteiger partial charge on any atom is 0.272 e. The van der Waals surface area contributed by atoms with Gasteiger partial charge in [-0.25, -0.2) is 4.98 Å². The molecule has 0 saturated heterocycles. The number of likely N-dealkylation sites (N-methyl/N-ethyl adjacent to an activating group) is 1. The highest BCUT2D eigenvalue weighted by molar-refractivity contribution is 6.00. The molecule has 0 saturated carbocycles. The van der Waals surface area contributed by atoms with E-state index in [1.54, 1.807) is 22.5 Å². The number of aromatic nitrogens is 2. The molecule has 49 heavy (non-hydrogen) atoms. The first kappa shape index (κ1) is 32.9. The van der Waals surface area contributed by atoms with Crippen LogP contribution in [0.2, 0.25) is 0 Å². The van der Waals surface area contributed by atoms with Crippen molar-refractivity contribution in [3.63, 3.8) is 0 Å². The minimum absolute atomic E-state index is 0.0121. The molecular formula is C41H39N5O3. The highest BCUT2D eigenvalue weighted by atomic mass is 16.2. The lowest BCUT2D eigenvalue weighted by atomic mass is 9.85. The highest BCUT2D eigenvalue weighted by Crippen LogP contribution is 2.40. The van der Waals surface area contributed by atoms with E-state index < -0.39 is 11.9 Å². The van der Waals surface area contributed by atoms with Gasteiger partial charge >= 0.3 is 0 Å². The average molecular weight is 650 g/mol. The Bertz CT molecular complexity index is 2100. The molecule has 0 aliphatic carbocycles. The number of nitrogens with zero attached hydrogens (tertiary/aromatic N) is 3. The third kappa shape index (κ3) is 7.13. The van der Waals surface area contributed by atoms with Crippen molar-refractivity contribution >= 4 is 29.6 Å². The number of imidazole rings is 1. The SMILES string of the molecule is CN(Cc1ccccc1)C(=O)[C@@H](NC(=O)c1cn2cccc(-c3cccc(NC=O)c3-c3ccc(C(C)(C)C)cc3)c2n1)c1ccccc1. The Morgan fingerprint density at radius 1 is 0.837 bits per heavy atom. The maximum atomic E-state index is 13.9. The molecule has 246 valence electrons. The van der Waals surface area contributed by atoms with Gasteiger partial charge in [-0.15, -0.1) is 0 Å². The molecule has 0 aliphatic rings. The van der Waals surface area contributed by atoms with Crippen molar-refractivity contribution in [3.05, 3.63) is 150 Å². The standard InChI is InChI=1S/C41H39N5O3/c1-41(2,3)31-22-20-29(21-23-31)36-32(17-11-19-34(36)42-27-47)33-18-12-24-46-26-35(43-38(33)46)39(48)44-37(30-15-9-6-10-16-30)40(49)45(4)25-28-13-7-5-8-14-28/h5-24,26-27,37H,25H2,1-4H3,(H,42,47)(H,44,48)/t37-/m0/s1. The normalized spacial score (nSPS) is 11.9. The first-order valence-electron chi connectivity index (χ1n) is 16.2. The van der Waals surface area contributed by atoms with Crippen molar-refractivity contribution in [2.45, 2.75) is 38.8 Å². The summed E-state index contributed by atoms with van der Waals surface area (Å²) >= 11 is 0. The number of hydrogen-bond acceptors (Lipinski definition) is 4. The fourth-order valence-electron chi connectivity index (χ4n) is 6.03. The van der Waals surface area contributed by atoms with Gasteiger partial charge in [0.05, 0.1) is 0 Å². The van der Waals surface area contributed by atoms with E-state index in [9.17, 15) is 14.4 Å². The van der Waals surface area contributed by atoms with Crippen LogP contribution in [0.15, 0.2) is 128 Å². The zero-order chi connectivity index (χ0) is 34.5. The summed E-state index contributed by atoms with van der Waals surface area (Å²) in [6.07, 6.45) is 4.17. The first-order valence-corrected chi connectivity index (χ1v) is 16.2. The molecule has 0 unspecified atom stereocenters. The third-order valence-electron chi connectivity index (χ3n) is 8.62. The largest absolute Gasteiger partial charge is 0.339 e. The number of hydrogen-bond donors (Lipinski definition) is 2. The van der Waals surface area contributed by atoms with Crippen LogP contribution in [-0.2, 0) is 21.5 Å². The highest BCUT2D eigenvalue weighted by Gasteiger charge is 2.28. The average Bonchev–Trinajstić information content (AvgIpc) is 3.56. The number of fused-ring (bicyclic) bond motifs is 1. The smallest absolute Gasteiger partial charge is 0.272 e. The van der Waals surface area contributed by atoms with Crippen LogP contribution in [0.3, 0.4) is 0 Å². The molecule has 2 heterocycles. The van der Waals surface area contributed by atoms with E-state index in [-0.39, 0.29) is 17.0 Å². The molecule has 0 bridgehead atoms. The molecule has 6 rings (SSSR count). The minimum atomic E-state index is -0.916. The molecule has 0 fully saturated rings. The van der Waals surface area contributed by atoms with Gasteiger partial charge < -0.3 is 19.9 Å². The third-order valence-corrected chi connectivity index (χ3v) is 8.62. The first-order chi connectivity index (χ1) is 23.6. The van der Waals surface area contributed by atoms with E-state index >= 15 is 0 Å². The zero-order valence-electron chi connectivity index (χ0n) is 28.1. The van der Waals surface area contributed by atoms with E-state index in [2.05, 4.69) is 55.7 Å². The van der Waals surface area contributed by atoms with E-state index in [4.69, 9.17) is 4.98 Å². The molecule has 0 aliphatic heterocycles. The van der Waals surface area contributed by atoms with Crippen LogP contribution in [0.4, 0.5) is 5.69 Å². The van der Waals surface area contributed by atoms with Crippen LogP contribution >= 0.6 is 0 Å². The molecule has 8 heteroatoms. The summed E-state index contributed by atoms with van der Waals surface area (Å²) in [5.74, 6) is -0.714. The number of nitrogens with one attached hydrogen (secondary N) is 2. The lowest BCUT2D eigenvalue weighted by molar-refractivity contribution is -0.132. The van der Waals surface area contributed by atoms with Crippen LogP contribution in [0, 0.1) is 0 Å². The van der Waals surface area contributed by atoms with Gasteiger partial charge in [-0.2, -0.15) is 0 Å². The van der Waals surface area contributed by atoms with Crippen molar-refractivity contribution in [3.8, 4) is 22.3 Å². The Morgan fingerprint density at radius 3 is 2.18 bits per heavy atom. The molecule has 3 amide bonds. The number of carbonyl (C=O) groups excluding carboxylic acids is 3. The minimum Gasteiger partial charge on any atom is -0.339 e. The Hall–Kier alpha value is -6.02. The molecule has 4 aromatic carbocycles. The molecule has 2 aromatic heterocycles. The zero-order valence-corrected chi connectivity index (χ0v) is 28.1. The van der Waals surface area contributed by atoms with Crippen molar-refractivity contribution in [2.75, 3.05) is 12.4 Å². The Morgan fingerprint density at radius 2 is 1.51 bits per heavy atom. The number of amides is 3. The van der Waals surface area contributed by atoms with Gasteiger partial charge in [0.15, 0.2) is 0 Å². The fourth-order valence-corrected chi connectivity index (χ4v) is 6.03. The van der Waals surface area contributed by atoms with Gasteiger partial charge in [-0.1, -0.05) is 118 Å². The van der Waals surface area contributed by atoms with E-state index in [1.165, 1.54) is 5.56 Å².